The van der Waals surface area contributed by atoms with E-state index in [2.05, 4.69) is 15.4 Å². The molecule has 0 fully saturated rings. The number of hydrogen-bond acceptors (Lipinski definition) is 3. The maximum absolute atomic E-state index is 13.6. The number of nitrogens with one attached hydrogen (secondary N) is 1. The summed E-state index contributed by atoms with van der Waals surface area (Å²) in [4.78, 5) is 4.29. The van der Waals surface area contributed by atoms with Crippen LogP contribution in [-0.4, -0.2) is 14.6 Å². The van der Waals surface area contributed by atoms with E-state index in [1.165, 1.54) is 12.1 Å². The van der Waals surface area contributed by atoms with Crippen molar-refractivity contribution < 1.29 is 4.39 Å². The molecule has 0 saturated carbocycles. The first kappa shape index (κ1) is 15.2. The predicted octanol–water partition coefficient (Wildman–Crippen LogP) is 4.03. The molecular formula is C15H13Cl2FN4. The van der Waals surface area contributed by atoms with Gasteiger partial charge in [0, 0.05) is 41.6 Å². The lowest BCUT2D eigenvalue weighted by Gasteiger charge is -2.16. The fourth-order valence-corrected chi connectivity index (χ4v) is 2.74. The molecule has 3 aromatic rings. The van der Waals surface area contributed by atoms with E-state index in [4.69, 9.17) is 23.2 Å². The molecule has 0 radical (unpaired) electrons. The molecule has 0 aliphatic heterocycles. The zero-order chi connectivity index (χ0) is 15.7. The highest BCUT2D eigenvalue weighted by Gasteiger charge is 2.13. The maximum atomic E-state index is 13.6. The number of aromatic nitrogens is 3. The molecule has 2 aromatic heterocycles. The van der Waals surface area contributed by atoms with Crippen LogP contribution in [0.2, 0.25) is 10.0 Å². The Balaban J connectivity index is 1.74. The van der Waals surface area contributed by atoms with E-state index in [9.17, 15) is 4.39 Å². The van der Waals surface area contributed by atoms with Crippen LogP contribution in [0.1, 0.15) is 24.1 Å². The maximum Gasteiger partial charge on any atom is 0.154 e. The van der Waals surface area contributed by atoms with Crippen LogP contribution >= 0.6 is 23.2 Å². The van der Waals surface area contributed by atoms with Crippen LogP contribution in [0.5, 0.6) is 0 Å². The quantitative estimate of drug-likeness (QED) is 0.730. The third kappa shape index (κ3) is 3.06. The summed E-state index contributed by atoms with van der Waals surface area (Å²) in [7, 11) is 0. The highest BCUT2D eigenvalue weighted by Crippen LogP contribution is 2.28. The molecule has 0 amide bonds. The van der Waals surface area contributed by atoms with Gasteiger partial charge in [-0.3, -0.25) is 0 Å². The van der Waals surface area contributed by atoms with E-state index in [1.54, 1.807) is 16.9 Å². The summed E-state index contributed by atoms with van der Waals surface area (Å²) in [5.41, 5.74) is 2.42. The normalized spacial score (nSPS) is 12.7. The summed E-state index contributed by atoms with van der Waals surface area (Å²) < 4.78 is 15.3. The van der Waals surface area contributed by atoms with Gasteiger partial charge in [-0.2, -0.15) is 5.10 Å². The molecule has 0 saturated heterocycles. The van der Waals surface area contributed by atoms with Crippen LogP contribution in [-0.2, 0) is 6.54 Å². The first-order chi connectivity index (χ1) is 10.5. The van der Waals surface area contributed by atoms with Crippen molar-refractivity contribution in [1.82, 2.24) is 19.9 Å². The zero-order valence-electron chi connectivity index (χ0n) is 11.7. The van der Waals surface area contributed by atoms with Crippen molar-refractivity contribution in [3.8, 4) is 0 Å². The summed E-state index contributed by atoms with van der Waals surface area (Å²) in [6, 6.07) is 4.48. The van der Waals surface area contributed by atoms with Gasteiger partial charge in [-0.15, -0.1) is 0 Å². The van der Waals surface area contributed by atoms with E-state index < -0.39 is 5.82 Å². The zero-order valence-corrected chi connectivity index (χ0v) is 13.2. The SMILES string of the molecule is CC(NCc1cnc2ccnn2c1)c1cc(F)c(Cl)cc1Cl. The first-order valence-corrected chi connectivity index (χ1v) is 7.46. The highest BCUT2D eigenvalue weighted by molar-refractivity contribution is 6.35. The molecule has 1 unspecified atom stereocenters. The summed E-state index contributed by atoms with van der Waals surface area (Å²) in [6.45, 7) is 2.47. The topological polar surface area (TPSA) is 42.2 Å². The van der Waals surface area contributed by atoms with E-state index in [-0.39, 0.29) is 11.1 Å². The largest absolute Gasteiger partial charge is 0.306 e. The number of fused-ring (bicyclic) bond motifs is 1. The molecule has 2 heterocycles. The van der Waals surface area contributed by atoms with Crippen molar-refractivity contribution in [3.05, 3.63) is 63.8 Å². The minimum atomic E-state index is -0.477. The number of benzene rings is 1. The second-order valence-electron chi connectivity index (χ2n) is 4.99. The van der Waals surface area contributed by atoms with Gasteiger partial charge in [0.25, 0.3) is 0 Å². The van der Waals surface area contributed by atoms with Crippen molar-refractivity contribution in [2.75, 3.05) is 0 Å². The lowest BCUT2D eigenvalue weighted by molar-refractivity contribution is 0.563. The van der Waals surface area contributed by atoms with Crippen molar-refractivity contribution in [3.63, 3.8) is 0 Å². The summed E-state index contributed by atoms with van der Waals surface area (Å²) >= 11 is 11.8. The van der Waals surface area contributed by atoms with Crippen LogP contribution in [0.25, 0.3) is 5.65 Å². The molecule has 22 heavy (non-hydrogen) atoms. The molecule has 7 heteroatoms. The third-order valence-electron chi connectivity index (χ3n) is 3.42. The average Bonchev–Trinajstić information content (AvgIpc) is 2.96. The van der Waals surface area contributed by atoms with Crippen molar-refractivity contribution >= 4 is 28.8 Å². The Labute approximate surface area is 136 Å². The molecule has 0 bridgehead atoms. The standard InChI is InChI=1S/C15H13Cl2FN4/c1-9(11-4-14(18)13(17)5-12(11)16)19-6-10-7-20-15-2-3-21-22(15)8-10/h2-5,7-9,19H,6H2,1H3. The minimum Gasteiger partial charge on any atom is -0.306 e. The molecule has 1 atom stereocenters. The summed E-state index contributed by atoms with van der Waals surface area (Å²) in [5, 5.41) is 7.88. The Hall–Kier alpha value is -1.69. The van der Waals surface area contributed by atoms with Gasteiger partial charge in [0.1, 0.15) is 5.82 Å². The van der Waals surface area contributed by atoms with Gasteiger partial charge in [0.05, 0.1) is 11.2 Å². The molecule has 3 rings (SSSR count). The fourth-order valence-electron chi connectivity index (χ4n) is 2.19. The molecule has 0 aliphatic rings. The van der Waals surface area contributed by atoms with E-state index in [0.717, 1.165) is 11.2 Å². The van der Waals surface area contributed by atoms with Gasteiger partial charge in [0.2, 0.25) is 0 Å². The Morgan fingerprint density at radius 3 is 2.95 bits per heavy atom. The second kappa shape index (κ2) is 6.20. The van der Waals surface area contributed by atoms with Gasteiger partial charge >= 0.3 is 0 Å². The monoisotopic (exact) mass is 338 g/mol. The van der Waals surface area contributed by atoms with Crippen LogP contribution in [0.15, 0.2) is 36.8 Å². The molecular weight excluding hydrogens is 326 g/mol. The number of nitrogens with zero attached hydrogens (tertiary/aromatic N) is 3. The van der Waals surface area contributed by atoms with Crippen LogP contribution in [0.3, 0.4) is 0 Å². The van der Waals surface area contributed by atoms with Crippen molar-refractivity contribution in [2.24, 2.45) is 0 Å². The Morgan fingerprint density at radius 1 is 1.32 bits per heavy atom. The van der Waals surface area contributed by atoms with Crippen molar-refractivity contribution in [2.45, 2.75) is 19.5 Å². The van der Waals surface area contributed by atoms with Gasteiger partial charge in [0.15, 0.2) is 5.65 Å². The van der Waals surface area contributed by atoms with Gasteiger partial charge in [-0.1, -0.05) is 23.2 Å². The fraction of sp³-hybridized carbons (Fsp3) is 0.200. The predicted molar refractivity (Wildman–Crippen MR) is 84.7 cm³/mol. The Bertz CT molecular complexity index is 818. The summed E-state index contributed by atoms with van der Waals surface area (Å²) in [5.74, 6) is -0.477. The van der Waals surface area contributed by atoms with Gasteiger partial charge < -0.3 is 5.32 Å². The molecule has 0 spiro atoms. The molecule has 1 aromatic carbocycles. The minimum absolute atomic E-state index is 0.0225. The Morgan fingerprint density at radius 2 is 2.14 bits per heavy atom. The summed E-state index contributed by atoms with van der Waals surface area (Å²) in [6.07, 6.45) is 5.37. The third-order valence-corrected chi connectivity index (χ3v) is 4.04. The molecule has 4 nitrogen and oxygen atoms in total. The number of hydrogen-bond donors (Lipinski definition) is 1. The van der Waals surface area contributed by atoms with E-state index in [0.29, 0.717) is 17.1 Å². The average molecular weight is 339 g/mol. The van der Waals surface area contributed by atoms with Gasteiger partial charge in [-0.25, -0.2) is 13.9 Å². The second-order valence-corrected chi connectivity index (χ2v) is 5.80. The lowest BCUT2D eigenvalue weighted by Crippen LogP contribution is -2.19. The number of rotatable bonds is 4. The van der Waals surface area contributed by atoms with E-state index in [1.807, 2.05) is 19.2 Å². The molecule has 0 aliphatic carbocycles. The van der Waals surface area contributed by atoms with Crippen molar-refractivity contribution in [1.29, 1.82) is 0 Å². The first-order valence-electron chi connectivity index (χ1n) is 6.70. The van der Waals surface area contributed by atoms with E-state index >= 15 is 0 Å². The number of halogens is 3. The highest BCUT2D eigenvalue weighted by atomic mass is 35.5. The Kier molecular flexibility index (Phi) is 4.29. The smallest absolute Gasteiger partial charge is 0.154 e. The molecule has 1 N–H and O–H groups in total. The van der Waals surface area contributed by atoms with Crippen LogP contribution in [0, 0.1) is 5.82 Å². The lowest BCUT2D eigenvalue weighted by atomic mass is 10.1. The molecule has 114 valence electrons. The van der Waals surface area contributed by atoms with Crippen LogP contribution < -0.4 is 5.32 Å². The van der Waals surface area contributed by atoms with Crippen LogP contribution in [0.4, 0.5) is 4.39 Å². The van der Waals surface area contributed by atoms with Gasteiger partial charge in [-0.05, 0) is 24.6 Å².